The highest BCUT2D eigenvalue weighted by molar-refractivity contribution is 6.24. The Hall–Kier alpha value is -3.81. The molecule has 4 rings (SSSR count). The quantitative estimate of drug-likeness (QED) is 0.347. The topological polar surface area (TPSA) is 105 Å². The Morgan fingerprint density at radius 3 is 2.66 bits per heavy atom. The molecule has 0 aliphatic heterocycles. The summed E-state index contributed by atoms with van der Waals surface area (Å²) in [6.45, 7) is 1.07. The molecule has 4 aromatic rings. The fraction of sp³-hybridized carbons (Fsp3) is 0.292. The lowest BCUT2D eigenvalue weighted by Crippen LogP contribution is -2.26. The van der Waals surface area contributed by atoms with E-state index >= 15 is 0 Å². The van der Waals surface area contributed by atoms with Gasteiger partial charge in [0.15, 0.2) is 0 Å². The van der Waals surface area contributed by atoms with Gasteiger partial charge >= 0.3 is 5.97 Å². The minimum Gasteiger partial charge on any atom is -0.496 e. The maximum Gasteiger partial charge on any atom is 0.303 e. The van der Waals surface area contributed by atoms with Crippen LogP contribution in [0, 0.1) is 0 Å². The van der Waals surface area contributed by atoms with Crippen LogP contribution >= 0.6 is 0 Å². The van der Waals surface area contributed by atoms with Gasteiger partial charge in [-0.1, -0.05) is 18.2 Å². The molecule has 0 fully saturated rings. The van der Waals surface area contributed by atoms with Crippen LogP contribution in [0.15, 0.2) is 42.6 Å². The first kappa shape index (κ1) is 21.4. The summed E-state index contributed by atoms with van der Waals surface area (Å²) >= 11 is 0. The maximum absolute atomic E-state index is 11.7. The lowest BCUT2D eigenvalue weighted by molar-refractivity contribution is -0.138. The van der Waals surface area contributed by atoms with Gasteiger partial charge in [0, 0.05) is 65.9 Å². The van der Waals surface area contributed by atoms with Crippen molar-refractivity contribution in [3.63, 3.8) is 0 Å². The molecular formula is C24H26N4O4. The van der Waals surface area contributed by atoms with Crippen molar-refractivity contribution in [3.8, 4) is 5.75 Å². The van der Waals surface area contributed by atoms with Crippen molar-refractivity contribution in [2.75, 3.05) is 25.5 Å². The lowest BCUT2D eigenvalue weighted by Gasteiger charge is -2.13. The van der Waals surface area contributed by atoms with E-state index in [4.69, 9.17) is 9.84 Å². The van der Waals surface area contributed by atoms with Crippen molar-refractivity contribution in [3.05, 3.63) is 42.6 Å². The molecule has 32 heavy (non-hydrogen) atoms. The highest BCUT2D eigenvalue weighted by Gasteiger charge is 2.17. The molecule has 3 N–H and O–H groups in total. The van der Waals surface area contributed by atoms with E-state index in [-0.39, 0.29) is 18.7 Å². The van der Waals surface area contributed by atoms with Crippen molar-refractivity contribution in [1.82, 2.24) is 14.9 Å². The average Bonchev–Trinajstić information content (AvgIpc) is 3.09. The molecular weight excluding hydrogens is 408 g/mol. The van der Waals surface area contributed by atoms with Gasteiger partial charge in [0.2, 0.25) is 5.91 Å². The van der Waals surface area contributed by atoms with Gasteiger partial charge in [0.25, 0.3) is 0 Å². The monoisotopic (exact) mass is 434 g/mol. The van der Waals surface area contributed by atoms with E-state index in [2.05, 4.69) is 38.4 Å². The first-order valence-electron chi connectivity index (χ1n) is 10.6. The number of nitrogens with one attached hydrogen (secondary N) is 2. The second-order valence-electron chi connectivity index (χ2n) is 7.66. The number of aryl methyl sites for hydroxylation is 1. The van der Waals surface area contributed by atoms with Gasteiger partial charge in [-0.15, -0.1) is 0 Å². The fourth-order valence-electron chi connectivity index (χ4n) is 4.10. The van der Waals surface area contributed by atoms with E-state index in [0.29, 0.717) is 19.5 Å². The average molecular weight is 434 g/mol. The number of carboxylic acid groups (broad SMARTS) is 1. The minimum absolute atomic E-state index is 0.00744. The number of benzene rings is 2. The fourth-order valence-corrected chi connectivity index (χ4v) is 4.10. The molecule has 0 saturated carbocycles. The molecule has 0 aliphatic rings. The summed E-state index contributed by atoms with van der Waals surface area (Å²) in [7, 11) is 3.72. The highest BCUT2D eigenvalue weighted by Crippen LogP contribution is 2.41. The van der Waals surface area contributed by atoms with Crippen LogP contribution in [0.25, 0.3) is 32.6 Å². The Bertz CT molecular complexity index is 1310. The standard InChI is InChI=1S/C24H26N4O4/c1-28-17-7-4-3-6-15(17)22-18(28)14-19(32-2)16-10-13-27-24(23(16)22)26-12-5-11-25-20(29)8-9-21(30)31/h3-4,6-7,10,13-14H,5,8-9,11-12H2,1-2H3,(H,25,29)(H,26,27)(H,30,31). The number of ether oxygens (including phenoxy) is 1. The molecule has 0 saturated heterocycles. The van der Waals surface area contributed by atoms with Crippen molar-refractivity contribution in [2.24, 2.45) is 7.05 Å². The third-order valence-corrected chi connectivity index (χ3v) is 5.64. The third kappa shape index (κ3) is 4.03. The number of aromatic nitrogens is 2. The number of methoxy groups -OCH3 is 1. The molecule has 2 aromatic carbocycles. The van der Waals surface area contributed by atoms with Gasteiger partial charge < -0.3 is 25.0 Å². The number of carbonyl (C=O) groups is 2. The molecule has 8 nitrogen and oxygen atoms in total. The zero-order chi connectivity index (χ0) is 22.7. The van der Waals surface area contributed by atoms with Crippen molar-refractivity contribution in [1.29, 1.82) is 0 Å². The zero-order valence-electron chi connectivity index (χ0n) is 18.1. The first-order chi connectivity index (χ1) is 15.5. The number of aliphatic carboxylic acids is 1. The van der Waals surface area contributed by atoms with Crippen LogP contribution in [0.2, 0.25) is 0 Å². The van der Waals surface area contributed by atoms with Crippen molar-refractivity contribution >= 4 is 50.3 Å². The Balaban J connectivity index is 1.61. The van der Waals surface area contributed by atoms with E-state index in [1.807, 2.05) is 25.2 Å². The van der Waals surface area contributed by atoms with Crippen LogP contribution in [0.5, 0.6) is 5.75 Å². The Kier molecular flexibility index (Phi) is 6.11. The summed E-state index contributed by atoms with van der Waals surface area (Å²) in [5.41, 5.74) is 2.20. The summed E-state index contributed by atoms with van der Waals surface area (Å²) in [6.07, 6.45) is 2.27. The van der Waals surface area contributed by atoms with Crippen LogP contribution in [0.1, 0.15) is 19.3 Å². The van der Waals surface area contributed by atoms with Gasteiger partial charge in [0.05, 0.1) is 19.0 Å². The number of pyridine rings is 1. The molecule has 2 heterocycles. The van der Waals surface area contributed by atoms with Gasteiger partial charge in [-0.05, 0) is 18.6 Å². The Morgan fingerprint density at radius 2 is 1.88 bits per heavy atom. The van der Waals surface area contributed by atoms with Crippen molar-refractivity contribution < 1.29 is 19.4 Å². The maximum atomic E-state index is 11.7. The highest BCUT2D eigenvalue weighted by atomic mass is 16.5. The first-order valence-corrected chi connectivity index (χ1v) is 10.6. The molecule has 0 spiro atoms. The summed E-state index contributed by atoms with van der Waals surface area (Å²) in [5, 5.41) is 19.1. The van der Waals surface area contributed by atoms with Gasteiger partial charge in [0.1, 0.15) is 11.6 Å². The predicted octanol–water partition coefficient (Wildman–Crippen LogP) is 3.67. The number of hydrogen-bond acceptors (Lipinski definition) is 5. The van der Waals surface area contributed by atoms with E-state index in [1.165, 1.54) is 0 Å². The molecule has 1 amide bonds. The number of amides is 1. The van der Waals surface area contributed by atoms with E-state index < -0.39 is 5.97 Å². The number of carbonyl (C=O) groups excluding carboxylic acids is 1. The van der Waals surface area contributed by atoms with Crippen LogP contribution in [-0.2, 0) is 16.6 Å². The Labute approximate surface area is 185 Å². The second kappa shape index (κ2) is 9.13. The number of rotatable bonds is 9. The van der Waals surface area contributed by atoms with E-state index in [1.54, 1.807) is 13.3 Å². The van der Waals surface area contributed by atoms with E-state index in [9.17, 15) is 9.59 Å². The number of hydrogen-bond donors (Lipinski definition) is 3. The number of anilines is 1. The molecule has 0 bridgehead atoms. The zero-order valence-corrected chi connectivity index (χ0v) is 18.1. The number of nitrogens with zero attached hydrogens (tertiary/aromatic N) is 2. The van der Waals surface area contributed by atoms with E-state index in [0.717, 1.165) is 44.1 Å². The molecule has 0 radical (unpaired) electrons. The van der Waals surface area contributed by atoms with Crippen LogP contribution < -0.4 is 15.4 Å². The normalized spacial score (nSPS) is 11.2. The van der Waals surface area contributed by atoms with Gasteiger partial charge in [-0.25, -0.2) is 4.98 Å². The van der Waals surface area contributed by atoms with Gasteiger partial charge in [-0.2, -0.15) is 0 Å². The Morgan fingerprint density at radius 1 is 1.06 bits per heavy atom. The van der Waals surface area contributed by atoms with Crippen LogP contribution in [-0.4, -0.2) is 46.7 Å². The number of carboxylic acids is 1. The summed E-state index contributed by atoms with van der Waals surface area (Å²) in [5.74, 6) is 0.325. The molecule has 0 aliphatic carbocycles. The smallest absolute Gasteiger partial charge is 0.303 e. The lowest BCUT2D eigenvalue weighted by atomic mass is 10.0. The minimum atomic E-state index is -0.973. The third-order valence-electron chi connectivity index (χ3n) is 5.64. The molecule has 166 valence electrons. The van der Waals surface area contributed by atoms with Crippen LogP contribution in [0.3, 0.4) is 0 Å². The second-order valence-corrected chi connectivity index (χ2v) is 7.66. The van der Waals surface area contributed by atoms with Gasteiger partial charge in [-0.3, -0.25) is 9.59 Å². The summed E-state index contributed by atoms with van der Waals surface area (Å²) in [4.78, 5) is 26.8. The number of para-hydroxylation sites is 1. The molecule has 0 unspecified atom stereocenters. The summed E-state index contributed by atoms with van der Waals surface area (Å²) in [6, 6.07) is 12.3. The summed E-state index contributed by atoms with van der Waals surface area (Å²) < 4.78 is 7.86. The molecule has 0 atom stereocenters. The van der Waals surface area contributed by atoms with Crippen LogP contribution in [0.4, 0.5) is 5.82 Å². The molecule has 2 aromatic heterocycles. The predicted molar refractivity (Wildman–Crippen MR) is 125 cm³/mol. The SMILES string of the molecule is COc1cc2c(c3ccccc3n2C)c2c(NCCCNC(=O)CCC(=O)O)nccc12. The number of fused-ring (bicyclic) bond motifs is 5. The molecule has 8 heteroatoms. The van der Waals surface area contributed by atoms with Crippen molar-refractivity contribution in [2.45, 2.75) is 19.3 Å². The largest absolute Gasteiger partial charge is 0.496 e.